The third-order valence-corrected chi connectivity index (χ3v) is 4.07. The van der Waals surface area contributed by atoms with Crippen molar-refractivity contribution in [1.82, 2.24) is 10.6 Å². The Morgan fingerprint density at radius 2 is 1.50 bits per heavy atom. The van der Waals surface area contributed by atoms with Crippen LogP contribution in [0, 0.1) is 0 Å². The Kier molecular flexibility index (Phi) is 6.59. The number of nitrogens with one attached hydrogen (secondary N) is 3. The van der Waals surface area contributed by atoms with E-state index < -0.39 is 10.0 Å². The van der Waals surface area contributed by atoms with Gasteiger partial charge in [0.05, 0.1) is 6.26 Å². The van der Waals surface area contributed by atoms with Crippen molar-refractivity contribution in [1.29, 1.82) is 0 Å². The van der Waals surface area contributed by atoms with E-state index in [9.17, 15) is 18.0 Å². The van der Waals surface area contributed by atoms with Crippen LogP contribution in [0.25, 0.3) is 0 Å². The van der Waals surface area contributed by atoms with E-state index in [1.807, 2.05) is 0 Å². The van der Waals surface area contributed by atoms with E-state index in [4.69, 9.17) is 11.6 Å². The second kappa shape index (κ2) is 8.68. The molecule has 2 rings (SSSR count). The number of benzene rings is 2. The minimum atomic E-state index is -3.36. The lowest BCUT2D eigenvalue weighted by molar-refractivity contribution is 0.0927. The van der Waals surface area contributed by atoms with E-state index in [-0.39, 0.29) is 24.9 Å². The Balaban J connectivity index is 1.79. The van der Waals surface area contributed by atoms with Gasteiger partial charge in [-0.1, -0.05) is 17.7 Å². The molecule has 0 aromatic heterocycles. The summed E-state index contributed by atoms with van der Waals surface area (Å²) in [5, 5.41) is 5.82. The van der Waals surface area contributed by atoms with Gasteiger partial charge in [0.2, 0.25) is 10.0 Å². The highest BCUT2D eigenvalue weighted by Gasteiger charge is 2.08. The number of hydrogen-bond acceptors (Lipinski definition) is 4. The van der Waals surface area contributed by atoms with Crippen molar-refractivity contribution in [3.63, 3.8) is 0 Å². The number of carbonyl (C=O) groups is 2. The van der Waals surface area contributed by atoms with Crippen LogP contribution in [0.1, 0.15) is 20.7 Å². The molecule has 0 atom stereocenters. The van der Waals surface area contributed by atoms with Gasteiger partial charge in [-0.25, -0.2) is 8.42 Å². The zero-order valence-electron chi connectivity index (χ0n) is 14.0. The second-order valence-corrected chi connectivity index (χ2v) is 7.66. The molecule has 0 saturated carbocycles. The van der Waals surface area contributed by atoms with Crippen LogP contribution in [0.15, 0.2) is 48.5 Å². The number of anilines is 1. The third kappa shape index (κ3) is 6.38. The summed E-state index contributed by atoms with van der Waals surface area (Å²) in [6.07, 6.45) is 1.05. The first-order valence-electron chi connectivity index (χ1n) is 7.64. The maximum Gasteiger partial charge on any atom is 0.251 e. The van der Waals surface area contributed by atoms with Gasteiger partial charge in [-0.3, -0.25) is 14.3 Å². The second-order valence-electron chi connectivity index (χ2n) is 5.47. The van der Waals surface area contributed by atoms with Crippen molar-refractivity contribution >= 4 is 39.1 Å². The maximum atomic E-state index is 12.0. The minimum Gasteiger partial charge on any atom is -0.350 e. The molecular weight excluding hydrogens is 378 g/mol. The minimum absolute atomic E-state index is 0.245. The smallest absolute Gasteiger partial charge is 0.251 e. The van der Waals surface area contributed by atoms with Crippen LogP contribution in [-0.4, -0.2) is 39.6 Å². The first-order valence-corrected chi connectivity index (χ1v) is 9.91. The summed E-state index contributed by atoms with van der Waals surface area (Å²) in [4.78, 5) is 23.9. The zero-order chi connectivity index (χ0) is 19.2. The van der Waals surface area contributed by atoms with Crippen LogP contribution >= 0.6 is 11.6 Å². The van der Waals surface area contributed by atoms with Gasteiger partial charge in [0.1, 0.15) is 0 Å². The van der Waals surface area contributed by atoms with E-state index >= 15 is 0 Å². The highest BCUT2D eigenvalue weighted by Crippen LogP contribution is 2.11. The quantitative estimate of drug-likeness (QED) is 0.622. The lowest BCUT2D eigenvalue weighted by Gasteiger charge is -2.08. The SMILES string of the molecule is CS(=O)(=O)Nc1ccc(C(=O)NCCNC(=O)c2cccc(Cl)c2)cc1. The van der Waals surface area contributed by atoms with Crippen molar-refractivity contribution in [2.24, 2.45) is 0 Å². The predicted octanol–water partition coefficient (Wildman–Crippen LogP) is 1.87. The van der Waals surface area contributed by atoms with Gasteiger partial charge in [-0.05, 0) is 42.5 Å². The van der Waals surface area contributed by atoms with Gasteiger partial charge in [0.25, 0.3) is 11.8 Å². The molecule has 0 heterocycles. The van der Waals surface area contributed by atoms with Crippen LogP contribution in [0.5, 0.6) is 0 Å². The monoisotopic (exact) mass is 395 g/mol. The molecule has 2 amide bonds. The fourth-order valence-corrected chi connectivity index (χ4v) is 2.84. The van der Waals surface area contributed by atoms with Gasteiger partial charge in [-0.2, -0.15) is 0 Å². The third-order valence-electron chi connectivity index (χ3n) is 3.23. The molecule has 3 N–H and O–H groups in total. The fraction of sp³-hybridized carbons (Fsp3) is 0.176. The van der Waals surface area contributed by atoms with Gasteiger partial charge in [0, 0.05) is 34.9 Å². The van der Waals surface area contributed by atoms with Crippen LogP contribution in [0.3, 0.4) is 0 Å². The molecule has 138 valence electrons. The normalized spacial score (nSPS) is 10.8. The van der Waals surface area contributed by atoms with Crippen molar-refractivity contribution < 1.29 is 18.0 Å². The van der Waals surface area contributed by atoms with E-state index in [2.05, 4.69) is 15.4 Å². The van der Waals surface area contributed by atoms with Crippen molar-refractivity contribution in [3.8, 4) is 0 Å². The number of amides is 2. The Morgan fingerprint density at radius 1 is 0.923 bits per heavy atom. The predicted molar refractivity (Wildman–Crippen MR) is 101 cm³/mol. The summed E-state index contributed by atoms with van der Waals surface area (Å²) in [5.41, 5.74) is 1.20. The summed E-state index contributed by atoms with van der Waals surface area (Å²) in [6.45, 7) is 0.499. The number of sulfonamides is 1. The summed E-state index contributed by atoms with van der Waals surface area (Å²) in [7, 11) is -3.36. The van der Waals surface area contributed by atoms with Crippen molar-refractivity contribution in [2.75, 3.05) is 24.1 Å². The molecule has 0 bridgehead atoms. The Morgan fingerprint density at radius 3 is 2.04 bits per heavy atom. The van der Waals surface area contributed by atoms with E-state index in [1.165, 1.54) is 24.3 Å². The van der Waals surface area contributed by atoms with Crippen LogP contribution in [0.4, 0.5) is 5.69 Å². The number of carbonyl (C=O) groups excluding carboxylic acids is 2. The molecule has 2 aromatic carbocycles. The van der Waals surface area contributed by atoms with Crippen LogP contribution < -0.4 is 15.4 Å². The van der Waals surface area contributed by atoms with Crippen LogP contribution in [0.2, 0.25) is 5.02 Å². The Hall–Kier alpha value is -2.58. The van der Waals surface area contributed by atoms with E-state index in [1.54, 1.807) is 24.3 Å². The molecule has 0 aliphatic carbocycles. The number of halogens is 1. The van der Waals surface area contributed by atoms with E-state index in [0.717, 1.165) is 6.26 Å². The van der Waals surface area contributed by atoms with Gasteiger partial charge < -0.3 is 10.6 Å². The molecule has 0 fully saturated rings. The average molecular weight is 396 g/mol. The van der Waals surface area contributed by atoms with Gasteiger partial charge in [0.15, 0.2) is 0 Å². The molecule has 2 aromatic rings. The molecular formula is C17H18ClN3O4S. The van der Waals surface area contributed by atoms with Gasteiger partial charge in [-0.15, -0.1) is 0 Å². The summed E-state index contributed by atoms with van der Waals surface area (Å²) in [6, 6.07) is 12.6. The molecule has 0 unspecified atom stereocenters. The standard InChI is InChI=1S/C17H18ClN3O4S/c1-26(24,25)21-15-7-5-12(6-8-15)16(22)19-9-10-20-17(23)13-3-2-4-14(18)11-13/h2-8,11,21H,9-10H2,1H3,(H,19,22)(H,20,23). The van der Waals surface area contributed by atoms with Crippen molar-refractivity contribution in [2.45, 2.75) is 0 Å². The molecule has 26 heavy (non-hydrogen) atoms. The lowest BCUT2D eigenvalue weighted by atomic mass is 10.2. The summed E-state index contributed by atoms with van der Waals surface area (Å²) in [5.74, 6) is -0.606. The zero-order valence-corrected chi connectivity index (χ0v) is 15.5. The molecule has 9 heteroatoms. The number of rotatable bonds is 7. The fourth-order valence-electron chi connectivity index (χ4n) is 2.09. The Labute approximate surface area is 156 Å². The largest absolute Gasteiger partial charge is 0.350 e. The van der Waals surface area contributed by atoms with Crippen molar-refractivity contribution in [3.05, 3.63) is 64.7 Å². The molecule has 7 nitrogen and oxygen atoms in total. The maximum absolute atomic E-state index is 12.0. The molecule has 0 spiro atoms. The highest BCUT2D eigenvalue weighted by molar-refractivity contribution is 7.92. The number of hydrogen-bond donors (Lipinski definition) is 3. The van der Waals surface area contributed by atoms with Gasteiger partial charge >= 0.3 is 0 Å². The topological polar surface area (TPSA) is 104 Å². The van der Waals surface area contributed by atoms with Crippen LogP contribution in [-0.2, 0) is 10.0 Å². The first-order chi connectivity index (χ1) is 12.2. The summed E-state index contributed by atoms with van der Waals surface area (Å²) >= 11 is 5.83. The molecule has 0 radical (unpaired) electrons. The first kappa shape index (κ1) is 19.7. The lowest BCUT2D eigenvalue weighted by Crippen LogP contribution is -2.34. The Bertz CT molecular complexity index is 898. The van der Waals surface area contributed by atoms with E-state index in [0.29, 0.717) is 21.8 Å². The molecule has 0 aliphatic rings. The molecule has 0 saturated heterocycles. The average Bonchev–Trinajstić information content (AvgIpc) is 2.57. The highest BCUT2D eigenvalue weighted by atomic mass is 35.5. The summed E-state index contributed by atoms with van der Waals surface area (Å²) < 4.78 is 24.6. The molecule has 0 aliphatic heterocycles.